The number of benzene rings is 1. The molecule has 6 nitrogen and oxygen atoms in total. The van der Waals surface area contributed by atoms with Crippen molar-refractivity contribution in [3.63, 3.8) is 0 Å². The van der Waals surface area contributed by atoms with Gasteiger partial charge in [-0.2, -0.15) is 0 Å². The van der Waals surface area contributed by atoms with Gasteiger partial charge in [-0.1, -0.05) is 30.3 Å². The van der Waals surface area contributed by atoms with Crippen molar-refractivity contribution in [1.29, 1.82) is 0 Å². The first-order valence-electron chi connectivity index (χ1n) is 9.49. The van der Waals surface area contributed by atoms with E-state index in [9.17, 15) is 9.59 Å². The van der Waals surface area contributed by atoms with Crippen LogP contribution in [0.5, 0.6) is 0 Å². The molecular weight excluding hydrogens is 340 g/mol. The third-order valence-corrected chi connectivity index (χ3v) is 4.89. The van der Waals surface area contributed by atoms with Crippen LogP contribution in [-0.2, 0) is 22.6 Å². The Hall–Kier alpha value is -2.76. The first kappa shape index (κ1) is 19.0. The molecule has 1 fully saturated rings. The van der Waals surface area contributed by atoms with E-state index in [1.165, 1.54) is 5.56 Å². The van der Waals surface area contributed by atoms with Crippen molar-refractivity contribution in [2.75, 3.05) is 13.1 Å². The first-order chi connectivity index (χ1) is 13.1. The molecule has 27 heavy (non-hydrogen) atoms. The fraction of sp³-hybridized carbons (Fsp3) is 0.429. The van der Waals surface area contributed by atoms with Crippen LogP contribution in [0.25, 0.3) is 0 Å². The number of carbonyl (C=O) groups is 2. The average molecular weight is 366 g/mol. The molecule has 1 aromatic carbocycles. The van der Waals surface area contributed by atoms with Gasteiger partial charge in [0, 0.05) is 25.7 Å². The van der Waals surface area contributed by atoms with Crippen LogP contribution in [0.3, 0.4) is 0 Å². The number of hydrogen-bond acceptors (Lipinski definition) is 4. The van der Waals surface area contributed by atoms with Gasteiger partial charge in [0.25, 0.3) is 0 Å². The minimum Gasteiger partial charge on any atom is -0.350 e. The minimum absolute atomic E-state index is 0.0158. The van der Waals surface area contributed by atoms with E-state index >= 15 is 0 Å². The van der Waals surface area contributed by atoms with Gasteiger partial charge in [0.1, 0.15) is 0 Å². The van der Waals surface area contributed by atoms with Crippen LogP contribution < -0.4 is 5.32 Å². The Kier molecular flexibility index (Phi) is 6.52. The highest BCUT2D eigenvalue weighted by molar-refractivity contribution is 5.83. The van der Waals surface area contributed by atoms with Gasteiger partial charge in [-0.15, -0.1) is 0 Å². The molecule has 0 aliphatic carbocycles. The molecule has 0 bridgehead atoms. The zero-order valence-electron chi connectivity index (χ0n) is 15.7. The van der Waals surface area contributed by atoms with Gasteiger partial charge in [-0.25, -0.2) is 0 Å². The van der Waals surface area contributed by atoms with Crippen molar-refractivity contribution in [3.05, 3.63) is 59.7 Å². The maximum absolute atomic E-state index is 12.5. The fourth-order valence-electron chi connectivity index (χ4n) is 3.30. The van der Waals surface area contributed by atoms with Gasteiger partial charge in [-0.05, 0) is 31.7 Å². The largest absolute Gasteiger partial charge is 0.350 e. The predicted molar refractivity (Wildman–Crippen MR) is 103 cm³/mol. The molecule has 1 N–H and O–H groups in total. The van der Waals surface area contributed by atoms with Crippen molar-refractivity contribution in [2.24, 2.45) is 5.92 Å². The average Bonchev–Trinajstić information content (AvgIpc) is 2.69. The Bertz CT molecular complexity index is 762. The predicted octanol–water partition coefficient (Wildman–Crippen LogP) is 2.27. The van der Waals surface area contributed by atoms with Crippen LogP contribution in [0.1, 0.15) is 36.2 Å². The van der Waals surface area contributed by atoms with Crippen molar-refractivity contribution >= 4 is 11.8 Å². The Balaban J connectivity index is 1.46. The second-order valence-electron chi connectivity index (χ2n) is 7.03. The van der Waals surface area contributed by atoms with Crippen LogP contribution in [0.15, 0.2) is 42.7 Å². The summed E-state index contributed by atoms with van der Waals surface area (Å²) in [5.74, 6) is -0.0210. The first-order valence-corrected chi connectivity index (χ1v) is 9.49. The third kappa shape index (κ3) is 5.61. The summed E-state index contributed by atoms with van der Waals surface area (Å²) < 4.78 is 0. The third-order valence-electron chi connectivity index (χ3n) is 4.89. The van der Waals surface area contributed by atoms with Crippen molar-refractivity contribution in [3.8, 4) is 0 Å². The zero-order valence-corrected chi connectivity index (χ0v) is 15.7. The van der Waals surface area contributed by atoms with Crippen molar-refractivity contribution in [1.82, 2.24) is 20.2 Å². The summed E-state index contributed by atoms with van der Waals surface area (Å²) >= 11 is 0. The molecule has 1 atom stereocenters. The van der Waals surface area contributed by atoms with E-state index in [1.54, 1.807) is 12.4 Å². The molecule has 1 unspecified atom stereocenters. The number of aromatic nitrogens is 2. The van der Waals surface area contributed by atoms with E-state index < -0.39 is 0 Å². The number of carbonyl (C=O) groups excluding carboxylic acids is 2. The monoisotopic (exact) mass is 366 g/mol. The lowest BCUT2D eigenvalue weighted by atomic mass is 9.96. The number of hydrogen-bond donors (Lipinski definition) is 1. The number of amides is 2. The quantitative estimate of drug-likeness (QED) is 0.816. The summed E-state index contributed by atoms with van der Waals surface area (Å²) in [6, 6.07) is 10.3. The Morgan fingerprint density at radius 3 is 2.78 bits per heavy atom. The summed E-state index contributed by atoms with van der Waals surface area (Å²) in [6.45, 7) is 3.44. The number of likely N-dealkylation sites (tertiary alicyclic amines) is 1. The lowest BCUT2D eigenvalue weighted by Gasteiger charge is -2.32. The normalized spacial score (nSPS) is 17.0. The Morgan fingerprint density at radius 1 is 1.22 bits per heavy atom. The van der Waals surface area contributed by atoms with Gasteiger partial charge in [0.05, 0.1) is 30.0 Å². The topological polar surface area (TPSA) is 75.2 Å². The highest BCUT2D eigenvalue weighted by Gasteiger charge is 2.29. The van der Waals surface area contributed by atoms with Crippen LogP contribution in [0.4, 0.5) is 0 Å². The van der Waals surface area contributed by atoms with Gasteiger partial charge in [0.2, 0.25) is 11.8 Å². The second-order valence-corrected chi connectivity index (χ2v) is 7.03. The molecule has 1 aromatic heterocycles. The van der Waals surface area contributed by atoms with Gasteiger partial charge >= 0.3 is 0 Å². The molecule has 1 aliphatic rings. The van der Waals surface area contributed by atoms with Gasteiger partial charge in [0.15, 0.2) is 0 Å². The van der Waals surface area contributed by atoms with Crippen LogP contribution >= 0.6 is 0 Å². The molecule has 142 valence electrons. The number of rotatable bonds is 7. The van der Waals surface area contributed by atoms with E-state index in [0.717, 1.165) is 24.2 Å². The number of nitrogens with one attached hydrogen (secondary N) is 1. The maximum atomic E-state index is 12.5. The van der Waals surface area contributed by atoms with Crippen molar-refractivity contribution in [2.45, 2.75) is 39.2 Å². The van der Waals surface area contributed by atoms with Gasteiger partial charge < -0.3 is 10.2 Å². The molecule has 1 aliphatic heterocycles. The molecule has 2 amide bonds. The summed E-state index contributed by atoms with van der Waals surface area (Å²) in [4.78, 5) is 34.9. The van der Waals surface area contributed by atoms with E-state index in [-0.39, 0.29) is 17.7 Å². The summed E-state index contributed by atoms with van der Waals surface area (Å²) in [5.41, 5.74) is 2.86. The molecular formula is C21H26N4O2. The highest BCUT2D eigenvalue weighted by Crippen LogP contribution is 2.18. The second kappa shape index (κ2) is 9.26. The summed E-state index contributed by atoms with van der Waals surface area (Å²) in [6.07, 6.45) is 6.26. The lowest BCUT2D eigenvalue weighted by molar-refractivity contribution is -0.138. The zero-order chi connectivity index (χ0) is 19.1. The highest BCUT2D eigenvalue weighted by atomic mass is 16.2. The SMILES string of the molecule is Cc1cnc(CNC(=O)C2CCC(=O)N(CCCc3ccccc3)C2)cn1. The molecule has 0 spiro atoms. The number of nitrogens with zero attached hydrogens (tertiary/aromatic N) is 3. The molecule has 3 rings (SSSR count). The van der Waals surface area contributed by atoms with Gasteiger partial charge in [-0.3, -0.25) is 19.6 Å². The van der Waals surface area contributed by atoms with E-state index in [2.05, 4.69) is 27.4 Å². The molecule has 2 heterocycles. The fourth-order valence-corrected chi connectivity index (χ4v) is 3.30. The van der Waals surface area contributed by atoms with E-state index in [1.807, 2.05) is 30.0 Å². The van der Waals surface area contributed by atoms with E-state index in [0.29, 0.717) is 32.5 Å². The lowest BCUT2D eigenvalue weighted by Crippen LogP contribution is -2.46. The van der Waals surface area contributed by atoms with Crippen LogP contribution in [-0.4, -0.2) is 39.8 Å². The Labute approximate surface area is 160 Å². The maximum Gasteiger partial charge on any atom is 0.225 e. The van der Waals surface area contributed by atoms with Crippen molar-refractivity contribution < 1.29 is 9.59 Å². The number of piperidine rings is 1. The van der Waals surface area contributed by atoms with Crippen LogP contribution in [0.2, 0.25) is 0 Å². The molecule has 2 aromatic rings. The molecule has 1 saturated heterocycles. The van der Waals surface area contributed by atoms with Crippen LogP contribution in [0, 0.1) is 12.8 Å². The standard InChI is InChI=1S/C21H26N4O2/c1-16-12-23-19(13-22-16)14-24-21(27)18-9-10-20(26)25(15-18)11-5-8-17-6-3-2-4-7-17/h2-4,6-7,12-13,18H,5,8-11,14-15H2,1H3,(H,24,27). The molecule has 0 saturated carbocycles. The Morgan fingerprint density at radius 2 is 2.04 bits per heavy atom. The van der Waals surface area contributed by atoms with E-state index in [4.69, 9.17) is 0 Å². The summed E-state index contributed by atoms with van der Waals surface area (Å²) in [7, 11) is 0. The smallest absolute Gasteiger partial charge is 0.225 e. The summed E-state index contributed by atoms with van der Waals surface area (Å²) in [5, 5.41) is 2.93. The molecule has 6 heteroatoms. The number of aryl methyl sites for hydroxylation is 2. The minimum atomic E-state index is -0.155. The molecule has 0 radical (unpaired) electrons.